The van der Waals surface area contributed by atoms with Gasteiger partial charge in [0.15, 0.2) is 0 Å². The van der Waals surface area contributed by atoms with Crippen molar-refractivity contribution in [2.24, 2.45) is 10.1 Å². The molecule has 0 fully saturated rings. The lowest BCUT2D eigenvalue weighted by Crippen LogP contribution is -2.22. The minimum atomic E-state index is -0.481. The van der Waals surface area contributed by atoms with E-state index in [1.54, 1.807) is 36.4 Å². The van der Waals surface area contributed by atoms with Crippen LogP contribution in [0, 0.1) is 10.1 Å². The third kappa shape index (κ3) is 3.23. The summed E-state index contributed by atoms with van der Waals surface area (Å²) in [6, 6.07) is 12.9. The summed E-state index contributed by atoms with van der Waals surface area (Å²) in [5.41, 5.74) is 3.62. The average molecular weight is 393 g/mol. The molecule has 0 bridgehead atoms. The SMILES string of the molecule is O=C1N=c2ccccc2=C1c1sc(NN=Cc2ccc([N+](=O)[O-])cc2)nc1O. The predicted molar refractivity (Wildman–Crippen MR) is 103 cm³/mol. The van der Waals surface area contributed by atoms with E-state index in [0.29, 0.717) is 26.6 Å². The highest BCUT2D eigenvalue weighted by Crippen LogP contribution is 2.33. The van der Waals surface area contributed by atoms with E-state index in [1.807, 2.05) is 0 Å². The zero-order valence-corrected chi connectivity index (χ0v) is 14.9. The van der Waals surface area contributed by atoms with Crippen LogP contribution in [0.2, 0.25) is 0 Å². The first kappa shape index (κ1) is 17.5. The van der Waals surface area contributed by atoms with Crippen LogP contribution in [0.25, 0.3) is 5.57 Å². The van der Waals surface area contributed by atoms with Gasteiger partial charge >= 0.3 is 0 Å². The first-order valence-corrected chi connectivity index (χ1v) is 8.80. The van der Waals surface area contributed by atoms with Gasteiger partial charge < -0.3 is 5.11 Å². The fraction of sp³-hybridized carbons (Fsp3) is 0. The van der Waals surface area contributed by atoms with E-state index in [2.05, 4.69) is 20.5 Å². The molecule has 2 aromatic carbocycles. The summed E-state index contributed by atoms with van der Waals surface area (Å²) in [6.45, 7) is 0. The molecule has 2 N–H and O–H groups in total. The van der Waals surface area contributed by atoms with Gasteiger partial charge in [-0.25, -0.2) is 4.99 Å². The Bertz CT molecular complexity index is 1250. The van der Waals surface area contributed by atoms with Crippen LogP contribution in [0.1, 0.15) is 10.4 Å². The number of thiazole rings is 1. The van der Waals surface area contributed by atoms with Crippen molar-refractivity contribution in [3.8, 4) is 5.88 Å². The maximum absolute atomic E-state index is 12.2. The van der Waals surface area contributed by atoms with Gasteiger partial charge in [-0.15, -0.1) is 0 Å². The normalized spacial score (nSPS) is 12.9. The molecule has 0 spiro atoms. The molecule has 0 radical (unpaired) electrons. The number of rotatable bonds is 5. The Morgan fingerprint density at radius 2 is 1.93 bits per heavy atom. The monoisotopic (exact) mass is 393 g/mol. The van der Waals surface area contributed by atoms with E-state index < -0.39 is 10.8 Å². The minimum Gasteiger partial charge on any atom is -0.492 e. The second-order valence-electron chi connectivity index (χ2n) is 5.70. The number of fused-ring (bicyclic) bond motifs is 1. The third-order valence-electron chi connectivity index (χ3n) is 3.92. The lowest BCUT2D eigenvalue weighted by molar-refractivity contribution is -0.384. The molecule has 3 aromatic rings. The van der Waals surface area contributed by atoms with Crippen LogP contribution in [0.5, 0.6) is 5.88 Å². The molecule has 28 heavy (non-hydrogen) atoms. The number of hydrazone groups is 1. The molecule has 10 heteroatoms. The standard InChI is InChI=1S/C18H11N5O4S/c24-16-14(12-3-1-2-4-13(12)20-16)15-17(25)21-18(28-15)22-19-9-10-5-7-11(8-6-10)23(26)27/h1-9,25H,(H,21,22). The van der Waals surface area contributed by atoms with Crippen LogP contribution in [0.3, 0.4) is 0 Å². The Kier molecular flexibility index (Phi) is 4.38. The van der Waals surface area contributed by atoms with Gasteiger partial charge in [-0.05, 0) is 23.8 Å². The molecule has 1 aliphatic rings. The fourth-order valence-electron chi connectivity index (χ4n) is 2.65. The number of benzene rings is 2. The number of carbonyl (C=O) groups excluding carboxylic acids is 1. The number of nitro groups is 1. The lowest BCUT2D eigenvalue weighted by Gasteiger charge is -1.95. The molecule has 1 aliphatic heterocycles. The molecule has 0 saturated carbocycles. The maximum atomic E-state index is 12.2. The highest BCUT2D eigenvalue weighted by atomic mass is 32.1. The van der Waals surface area contributed by atoms with Gasteiger partial charge in [0.1, 0.15) is 4.88 Å². The second kappa shape index (κ2) is 7.00. The van der Waals surface area contributed by atoms with E-state index in [0.717, 1.165) is 11.3 Å². The quantitative estimate of drug-likeness (QED) is 0.384. The molecule has 1 aromatic heterocycles. The predicted octanol–water partition coefficient (Wildman–Crippen LogP) is 1.56. The highest BCUT2D eigenvalue weighted by Gasteiger charge is 2.24. The summed E-state index contributed by atoms with van der Waals surface area (Å²) in [5.74, 6) is -0.714. The van der Waals surface area contributed by atoms with Crippen LogP contribution in [-0.2, 0) is 4.79 Å². The van der Waals surface area contributed by atoms with E-state index >= 15 is 0 Å². The van der Waals surface area contributed by atoms with E-state index in [4.69, 9.17) is 0 Å². The molecule has 0 atom stereocenters. The molecule has 2 heterocycles. The van der Waals surface area contributed by atoms with Crippen LogP contribution in [-0.4, -0.2) is 27.1 Å². The van der Waals surface area contributed by atoms with Crippen molar-refractivity contribution in [1.29, 1.82) is 0 Å². The molecule has 4 rings (SSSR count). The van der Waals surface area contributed by atoms with Crippen molar-refractivity contribution in [2.75, 3.05) is 5.43 Å². The largest absolute Gasteiger partial charge is 0.492 e. The average Bonchev–Trinajstić information content (AvgIpc) is 3.20. The van der Waals surface area contributed by atoms with Crippen molar-refractivity contribution in [2.45, 2.75) is 0 Å². The number of hydrogen-bond acceptors (Lipinski definition) is 8. The summed E-state index contributed by atoms with van der Waals surface area (Å²) in [4.78, 5) is 30.7. The Balaban J connectivity index is 1.57. The number of nitrogens with zero attached hydrogens (tertiary/aromatic N) is 4. The van der Waals surface area contributed by atoms with Crippen LogP contribution >= 0.6 is 11.3 Å². The van der Waals surface area contributed by atoms with Crippen LogP contribution < -0.4 is 16.0 Å². The number of aromatic nitrogens is 1. The Labute approximate surface area is 161 Å². The number of nitro benzene ring substituents is 1. The summed E-state index contributed by atoms with van der Waals surface area (Å²) >= 11 is 1.07. The summed E-state index contributed by atoms with van der Waals surface area (Å²) in [6.07, 6.45) is 1.46. The minimum absolute atomic E-state index is 0.0106. The van der Waals surface area contributed by atoms with Gasteiger partial charge in [0, 0.05) is 17.4 Å². The number of non-ortho nitro benzene ring substituents is 1. The molecular formula is C18H11N5O4S. The Morgan fingerprint density at radius 1 is 1.18 bits per heavy atom. The van der Waals surface area contributed by atoms with Gasteiger partial charge in [-0.1, -0.05) is 29.5 Å². The smallest absolute Gasteiger partial charge is 0.279 e. The van der Waals surface area contributed by atoms with Gasteiger partial charge in [0.25, 0.3) is 11.6 Å². The molecule has 0 saturated heterocycles. The van der Waals surface area contributed by atoms with Crippen molar-refractivity contribution in [3.05, 3.63) is 79.7 Å². The van der Waals surface area contributed by atoms with Crippen molar-refractivity contribution in [3.63, 3.8) is 0 Å². The summed E-state index contributed by atoms with van der Waals surface area (Å²) in [5, 5.41) is 26.3. The van der Waals surface area contributed by atoms with Crippen molar-refractivity contribution >= 4 is 39.9 Å². The topological polar surface area (TPSA) is 130 Å². The Hall–Kier alpha value is -3.92. The van der Waals surface area contributed by atoms with Gasteiger partial charge in [-0.2, -0.15) is 10.1 Å². The summed E-state index contributed by atoms with van der Waals surface area (Å²) in [7, 11) is 0. The maximum Gasteiger partial charge on any atom is 0.279 e. The fourth-order valence-corrected chi connectivity index (χ4v) is 3.51. The van der Waals surface area contributed by atoms with Crippen LogP contribution in [0.15, 0.2) is 58.6 Å². The highest BCUT2D eigenvalue weighted by molar-refractivity contribution is 7.17. The van der Waals surface area contributed by atoms with E-state index in [1.165, 1.54) is 18.3 Å². The number of hydrogen-bond donors (Lipinski definition) is 2. The molecule has 1 amide bonds. The second-order valence-corrected chi connectivity index (χ2v) is 6.70. The molecule has 0 aliphatic carbocycles. The summed E-state index contributed by atoms with van der Waals surface area (Å²) < 4.78 is 0. The van der Waals surface area contributed by atoms with Crippen molar-refractivity contribution < 1.29 is 14.8 Å². The van der Waals surface area contributed by atoms with Gasteiger partial charge in [0.2, 0.25) is 11.0 Å². The Morgan fingerprint density at radius 3 is 2.68 bits per heavy atom. The first-order valence-electron chi connectivity index (χ1n) is 7.99. The number of nitrogens with one attached hydrogen (secondary N) is 1. The van der Waals surface area contributed by atoms with Crippen molar-refractivity contribution in [1.82, 2.24) is 4.98 Å². The van der Waals surface area contributed by atoms with E-state index in [9.17, 15) is 20.0 Å². The molecule has 9 nitrogen and oxygen atoms in total. The molecular weight excluding hydrogens is 382 g/mol. The zero-order chi connectivity index (χ0) is 19.7. The number of amides is 1. The van der Waals surface area contributed by atoms with Gasteiger partial charge in [-0.3, -0.25) is 20.3 Å². The number of carbonyl (C=O) groups is 1. The molecule has 138 valence electrons. The van der Waals surface area contributed by atoms with E-state index in [-0.39, 0.29) is 16.7 Å². The number of aromatic hydroxyl groups is 1. The first-order chi connectivity index (χ1) is 13.5. The third-order valence-corrected chi connectivity index (χ3v) is 4.89. The number of anilines is 1. The lowest BCUT2D eigenvalue weighted by atomic mass is 10.1. The number of para-hydroxylation sites is 1. The zero-order valence-electron chi connectivity index (χ0n) is 14.1. The van der Waals surface area contributed by atoms with Gasteiger partial charge in [0.05, 0.1) is 22.1 Å². The molecule has 0 unspecified atom stereocenters. The van der Waals surface area contributed by atoms with Crippen LogP contribution in [0.4, 0.5) is 10.8 Å².